The van der Waals surface area contributed by atoms with Crippen LogP contribution in [0.5, 0.6) is 5.75 Å². The molecule has 2 heterocycles. The number of aromatic amines is 1. The summed E-state index contributed by atoms with van der Waals surface area (Å²) in [5.41, 5.74) is 2.39. The second kappa shape index (κ2) is 6.74. The van der Waals surface area contributed by atoms with Gasteiger partial charge in [-0.25, -0.2) is 4.98 Å². The normalized spacial score (nSPS) is 11.0. The summed E-state index contributed by atoms with van der Waals surface area (Å²) in [6, 6.07) is 11.3. The number of fused-ring (bicyclic) bond motifs is 1. The average Bonchev–Trinajstić information content (AvgIpc) is 3.02. The Balaban J connectivity index is 1.60. The maximum absolute atomic E-state index is 11.9. The van der Waals surface area contributed by atoms with Crippen LogP contribution in [0.15, 0.2) is 48.7 Å². The van der Waals surface area contributed by atoms with Crippen molar-refractivity contribution in [1.82, 2.24) is 20.5 Å². The third-order valence-electron chi connectivity index (χ3n) is 3.39. The Morgan fingerprint density at radius 1 is 1.30 bits per heavy atom. The number of pyridine rings is 1. The third-order valence-corrected chi connectivity index (χ3v) is 3.39. The lowest BCUT2D eigenvalue weighted by molar-refractivity contribution is -0.116. The van der Waals surface area contributed by atoms with E-state index in [-0.39, 0.29) is 5.91 Å². The quantitative estimate of drug-likeness (QED) is 0.709. The summed E-state index contributed by atoms with van der Waals surface area (Å²) in [5.74, 6) is 0.618. The molecule has 0 spiro atoms. The number of ether oxygens (including phenoxy) is 1. The molecule has 2 aromatic heterocycles. The number of nitrogens with one attached hydrogen (secondary N) is 2. The molecule has 3 aromatic rings. The lowest BCUT2D eigenvalue weighted by Crippen LogP contribution is -2.20. The number of hydrogen-bond acceptors (Lipinski definition) is 4. The van der Waals surface area contributed by atoms with Crippen molar-refractivity contribution in [1.29, 1.82) is 0 Å². The van der Waals surface area contributed by atoms with Gasteiger partial charge in [-0.3, -0.25) is 9.89 Å². The van der Waals surface area contributed by atoms with Gasteiger partial charge in [0.15, 0.2) is 5.65 Å². The van der Waals surface area contributed by atoms with Crippen LogP contribution in [0.4, 0.5) is 0 Å². The molecule has 6 heteroatoms. The van der Waals surface area contributed by atoms with Gasteiger partial charge in [-0.2, -0.15) is 5.10 Å². The van der Waals surface area contributed by atoms with E-state index in [1.165, 1.54) is 6.08 Å². The van der Waals surface area contributed by atoms with Crippen LogP contribution in [0.1, 0.15) is 11.3 Å². The molecular weight excluding hydrogens is 292 g/mol. The molecule has 0 atom stereocenters. The first-order valence-corrected chi connectivity index (χ1v) is 7.14. The third kappa shape index (κ3) is 3.55. The van der Waals surface area contributed by atoms with Crippen LogP contribution in [0.3, 0.4) is 0 Å². The number of nitrogens with zero attached hydrogens (tertiary/aromatic N) is 2. The number of carbonyl (C=O) groups excluding carboxylic acids is 1. The van der Waals surface area contributed by atoms with E-state index in [2.05, 4.69) is 20.5 Å². The largest absolute Gasteiger partial charge is 0.497 e. The summed E-state index contributed by atoms with van der Waals surface area (Å²) in [4.78, 5) is 16.0. The van der Waals surface area contributed by atoms with Crippen LogP contribution in [-0.4, -0.2) is 28.2 Å². The molecule has 1 aromatic carbocycles. The van der Waals surface area contributed by atoms with Gasteiger partial charge in [-0.1, -0.05) is 12.1 Å². The molecule has 0 aliphatic heterocycles. The number of hydrogen-bond donors (Lipinski definition) is 2. The Labute approximate surface area is 133 Å². The highest BCUT2D eigenvalue weighted by atomic mass is 16.5. The molecule has 0 radical (unpaired) electrons. The lowest BCUT2D eigenvalue weighted by Gasteiger charge is -2.04. The molecule has 116 valence electrons. The van der Waals surface area contributed by atoms with E-state index < -0.39 is 0 Å². The fourth-order valence-corrected chi connectivity index (χ4v) is 2.15. The molecule has 1 amide bonds. The highest BCUT2D eigenvalue weighted by Gasteiger charge is 2.03. The molecule has 0 saturated heterocycles. The SMILES string of the molecule is COc1ccc(CNC(=O)/C=C/c2[nH]nc3ncccc23)cc1. The number of benzene rings is 1. The van der Waals surface area contributed by atoms with Crippen molar-refractivity contribution in [3.63, 3.8) is 0 Å². The van der Waals surface area contributed by atoms with Crippen molar-refractivity contribution in [3.05, 3.63) is 59.9 Å². The molecule has 0 fully saturated rings. The maximum Gasteiger partial charge on any atom is 0.244 e. The van der Waals surface area contributed by atoms with Crippen molar-refractivity contribution in [2.45, 2.75) is 6.54 Å². The van der Waals surface area contributed by atoms with Gasteiger partial charge in [-0.05, 0) is 35.9 Å². The second-order valence-electron chi connectivity index (χ2n) is 4.91. The van der Waals surface area contributed by atoms with Gasteiger partial charge in [0.1, 0.15) is 5.75 Å². The zero-order valence-electron chi connectivity index (χ0n) is 12.6. The topological polar surface area (TPSA) is 79.9 Å². The van der Waals surface area contributed by atoms with E-state index in [1.54, 1.807) is 19.4 Å². The van der Waals surface area contributed by atoms with Crippen LogP contribution in [0.2, 0.25) is 0 Å². The summed E-state index contributed by atoms with van der Waals surface area (Å²) >= 11 is 0. The van der Waals surface area contributed by atoms with Crippen LogP contribution < -0.4 is 10.1 Å². The van der Waals surface area contributed by atoms with Gasteiger partial charge in [-0.15, -0.1) is 0 Å². The first kappa shape index (κ1) is 14.8. The second-order valence-corrected chi connectivity index (χ2v) is 4.91. The fourth-order valence-electron chi connectivity index (χ4n) is 2.15. The number of rotatable bonds is 5. The average molecular weight is 308 g/mol. The molecule has 0 aliphatic carbocycles. The molecular formula is C17H16N4O2. The van der Waals surface area contributed by atoms with Crippen molar-refractivity contribution in [3.8, 4) is 5.75 Å². The molecule has 0 unspecified atom stereocenters. The number of H-pyrrole nitrogens is 1. The van der Waals surface area contributed by atoms with Gasteiger partial charge in [0.25, 0.3) is 0 Å². The minimum Gasteiger partial charge on any atom is -0.497 e. The Morgan fingerprint density at radius 2 is 2.13 bits per heavy atom. The van der Waals surface area contributed by atoms with E-state index in [0.29, 0.717) is 12.2 Å². The Bertz CT molecular complexity index is 837. The minimum absolute atomic E-state index is 0.174. The molecule has 2 N–H and O–H groups in total. The molecule has 0 saturated carbocycles. The van der Waals surface area contributed by atoms with Crippen LogP contribution >= 0.6 is 0 Å². The first-order chi connectivity index (χ1) is 11.3. The predicted octanol–water partition coefficient (Wildman–Crippen LogP) is 2.30. The van der Waals surface area contributed by atoms with Crippen molar-refractivity contribution < 1.29 is 9.53 Å². The van der Waals surface area contributed by atoms with Crippen LogP contribution in [0.25, 0.3) is 17.1 Å². The predicted molar refractivity (Wildman–Crippen MR) is 87.8 cm³/mol. The molecule has 3 rings (SSSR count). The monoisotopic (exact) mass is 308 g/mol. The van der Waals surface area contributed by atoms with Crippen molar-refractivity contribution in [2.75, 3.05) is 7.11 Å². The van der Waals surface area contributed by atoms with E-state index in [0.717, 1.165) is 22.4 Å². The van der Waals surface area contributed by atoms with E-state index in [9.17, 15) is 4.79 Å². The minimum atomic E-state index is -0.174. The maximum atomic E-state index is 11.9. The lowest BCUT2D eigenvalue weighted by atomic mass is 10.2. The zero-order chi connectivity index (χ0) is 16.1. The molecule has 23 heavy (non-hydrogen) atoms. The van der Waals surface area contributed by atoms with Crippen LogP contribution in [-0.2, 0) is 11.3 Å². The number of methoxy groups -OCH3 is 1. The number of amides is 1. The summed E-state index contributed by atoms with van der Waals surface area (Å²) in [7, 11) is 1.62. The standard InChI is InChI=1S/C17H16N4O2/c1-23-13-6-4-12(5-7-13)11-19-16(22)9-8-15-14-3-2-10-18-17(14)21-20-15/h2-10H,11H2,1H3,(H,19,22)(H,18,20,21)/b9-8+. The summed E-state index contributed by atoms with van der Waals surface area (Å²) in [5, 5.41) is 10.6. The molecule has 0 aliphatic rings. The van der Waals surface area contributed by atoms with Gasteiger partial charge >= 0.3 is 0 Å². The zero-order valence-corrected chi connectivity index (χ0v) is 12.6. The van der Waals surface area contributed by atoms with Crippen LogP contribution in [0, 0.1) is 0 Å². The Morgan fingerprint density at radius 3 is 2.91 bits per heavy atom. The summed E-state index contributed by atoms with van der Waals surface area (Å²) in [6.07, 6.45) is 4.85. The Hall–Kier alpha value is -3.15. The Kier molecular flexibility index (Phi) is 4.33. The first-order valence-electron chi connectivity index (χ1n) is 7.14. The summed E-state index contributed by atoms with van der Waals surface area (Å²) < 4.78 is 5.10. The number of carbonyl (C=O) groups is 1. The highest BCUT2D eigenvalue weighted by molar-refractivity contribution is 5.94. The van der Waals surface area contributed by atoms with Gasteiger partial charge in [0.05, 0.1) is 12.8 Å². The van der Waals surface area contributed by atoms with E-state index >= 15 is 0 Å². The van der Waals surface area contributed by atoms with Gasteiger partial charge < -0.3 is 10.1 Å². The smallest absolute Gasteiger partial charge is 0.244 e. The number of aromatic nitrogens is 3. The molecule has 6 nitrogen and oxygen atoms in total. The van der Waals surface area contributed by atoms with Gasteiger partial charge in [0.2, 0.25) is 5.91 Å². The van der Waals surface area contributed by atoms with Gasteiger partial charge in [0, 0.05) is 24.2 Å². The fraction of sp³-hybridized carbons (Fsp3) is 0.118. The summed E-state index contributed by atoms with van der Waals surface area (Å²) in [6.45, 7) is 0.457. The van der Waals surface area contributed by atoms with E-state index in [4.69, 9.17) is 4.74 Å². The van der Waals surface area contributed by atoms with E-state index in [1.807, 2.05) is 36.4 Å². The van der Waals surface area contributed by atoms with Crippen molar-refractivity contribution in [2.24, 2.45) is 0 Å². The van der Waals surface area contributed by atoms with Crippen molar-refractivity contribution >= 4 is 23.0 Å². The molecule has 0 bridgehead atoms. The highest BCUT2D eigenvalue weighted by Crippen LogP contribution is 2.14.